The van der Waals surface area contributed by atoms with E-state index in [9.17, 15) is 0 Å². The fraction of sp³-hybridized carbons (Fsp3) is 0.188. The molecule has 5 nitrogen and oxygen atoms in total. The molecule has 108 valence electrons. The van der Waals surface area contributed by atoms with Gasteiger partial charge in [-0.2, -0.15) is 0 Å². The van der Waals surface area contributed by atoms with Gasteiger partial charge in [0.25, 0.3) is 0 Å². The molecule has 0 fully saturated rings. The molecule has 0 aliphatic rings. The second-order valence-electron chi connectivity index (χ2n) is 4.64. The number of hydrogen-bond donors (Lipinski definition) is 1. The average Bonchev–Trinajstić information content (AvgIpc) is 2.95. The molecule has 0 bridgehead atoms. The predicted octanol–water partition coefficient (Wildman–Crippen LogP) is 2.38. The Labute approximate surface area is 122 Å². The molecule has 21 heavy (non-hydrogen) atoms. The lowest BCUT2D eigenvalue weighted by Crippen LogP contribution is -2.04. The van der Waals surface area contributed by atoms with Crippen LogP contribution in [-0.4, -0.2) is 16.5 Å². The first-order valence-corrected chi connectivity index (χ1v) is 6.73. The molecule has 0 unspecified atom stereocenters. The highest BCUT2D eigenvalue weighted by Gasteiger charge is 2.10. The summed E-state index contributed by atoms with van der Waals surface area (Å²) in [5.41, 5.74) is 8.42. The first-order chi connectivity index (χ1) is 10.3. The molecule has 2 N–H and O–H groups in total. The fourth-order valence-corrected chi connectivity index (χ4v) is 2.25. The topological polar surface area (TPSA) is 61.8 Å². The van der Waals surface area contributed by atoms with Gasteiger partial charge in [-0.05, 0) is 18.2 Å². The number of para-hydroxylation sites is 1. The zero-order chi connectivity index (χ0) is 14.7. The predicted molar refractivity (Wildman–Crippen MR) is 80.4 cm³/mol. The van der Waals surface area contributed by atoms with Gasteiger partial charge < -0.3 is 19.6 Å². The van der Waals surface area contributed by atoms with Gasteiger partial charge in [0.2, 0.25) is 0 Å². The molecule has 3 rings (SSSR count). The summed E-state index contributed by atoms with van der Waals surface area (Å²) < 4.78 is 13.2. The summed E-state index contributed by atoms with van der Waals surface area (Å²) in [5.74, 6) is 1.36. The van der Waals surface area contributed by atoms with Crippen LogP contribution in [0.3, 0.4) is 0 Å². The van der Waals surface area contributed by atoms with E-state index in [0.717, 1.165) is 16.9 Å². The van der Waals surface area contributed by atoms with Gasteiger partial charge in [0.15, 0.2) is 11.5 Å². The summed E-state index contributed by atoms with van der Waals surface area (Å²) in [6, 6.07) is 11.6. The van der Waals surface area contributed by atoms with Crippen molar-refractivity contribution in [2.45, 2.75) is 13.2 Å². The van der Waals surface area contributed by atoms with Crippen LogP contribution in [0.4, 0.5) is 0 Å². The number of nitrogens with two attached hydrogens (primary N) is 1. The van der Waals surface area contributed by atoms with Gasteiger partial charge in [-0.25, -0.2) is 4.98 Å². The van der Waals surface area contributed by atoms with Crippen LogP contribution < -0.4 is 15.2 Å². The molecule has 0 aliphatic heterocycles. The van der Waals surface area contributed by atoms with Gasteiger partial charge in [-0.1, -0.05) is 18.2 Å². The van der Waals surface area contributed by atoms with E-state index in [0.29, 0.717) is 24.7 Å². The van der Waals surface area contributed by atoms with Crippen LogP contribution in [0.2, 0.25) is 0 Å². The van der Waals surface area contributed by atoms with Crippen LogP contribution in [0.1, 0.15) is 11.3 Å². The Bertz CT molecular complexity index is 697. The molecular weight excluding hydrogens is 266 g/mol. The number of rotatable bonds is 5. The van der Waals surface area contributed by atoms with Gasteiger partial charge in [0.05, 0.1) is 12.8 Å². The molecule has 0 saturated heterocycles. The quantitative estimate of drug-likeness (QED) is 0.781. The van der Waals surface area contributed by atoms with E-state index in [-0.39, 0.29) is 0 Å². The molecular formula is C16H17N3O2. The van der Waals surface area contributed by atoms with Gasteiger partial charge in [-0.15, -0.1) is 0 Å². The molecule has 1 aromatic carbocycles. The van der Waals surface area contributed by atoms with Crippen molar-refractivity contribution in [2.24, 2.45) is 5.73 Å². The molecule has 0 radical (unpaired) electrons. The Hall–Kier alpha value is -2.53. The van der Waals surface area contributed by atoms with Crippen LogP contribution in [0.15, 0.2) is 48.8 Å². The lowest BCUT2D eigenvalue weighted by atomic mass is 10.2. The van der Waals surface area contributed by atoms with Crippen LogP contribution in [0, 0.1) is 0 Å². The van der Waals surface area contributed by atoms with Crippen molar-refractivity contribution in [1.82, 2.24) is 9.38 Å². The molecule has 0 amide bonds. The molecule has 2 heterocycles. The molecule has 0 atom stereocenters. The van der Waals surface area contributed by atoms with Crippen molar-refractivity contribution in [2.75, 3.05) is 7.11 Å². The Morgan fingerprint density at radius 3 is 2.86 bits per heavy atom. The summed E-state index contributed by atoms with van der Waals surface area (Å²) in [6.07, 6.45) is 3.91. The van der Waals surface area contributed by atoms with E-state index in [1.807, 2.05) is 53.2 Å². The Kier molecular flexibility index (Phi) is 3.75. The van der Waals surface area contributed by atoms with Crippen molar-refractivity contribution >= 4 is 5.65 Å². The van der Waals surface area contributed by atoms with E-state index in [2.05, 4.69) is 4.98 Å². The van der Waals surface area contributed by atoms with E-state index < -0.39 is 0 Å². The smallest absolute Gasteiger partial charge is 0.166 e. The Morgan fingerprint density at radius 1 is 1.19 bits per heavy atom. The van der Waals surface area contributed by atoms with E-state index in [1.165, 1.54) is 0 Å². The molecule has 2 aromatic heterocycles. The van der Waals surface area contributed by atoms with Gasteiger partial charge >= 0.3 is 0 Å². The molecule has 0 saturated carbocycles. The second kappa shape index (κ2) is 5.85. The van der Waals surface area contributed by atoms with Crippen LogP contribution >= 0.6 is 0 Å². The van der Waals surface area contributed by atoms with E-state index in [4.69, 9.17) is 15.2 Å². The maximum atomic E-state index is 5.88. The van der Waals surface area contributed by atoms with Crippen molar-refractivity contribution in [1.29, 1.82) is 0 Å². The van der Waals surface area contributed by atoms with E-state index in [1.54, 1.807) is 7.11 Å². The first-order valence-electron chi connectivity index (χ1n) is 6.73. The monoisotopic (exact) mass is 283 g/mol. The molecule has 3 aromatic rings. The number of hydrogen-bond acceptors (Lipinski definition) is 4. The number of imidazole rings is 1. The van der Waals surface area contributed by atoms with Crippen molar-refractivity contribution in [3.63, 3.8) is 0 Å². The number of aromatic nitrogens is 2. The number of nitrogens with zero attached hydrogens (tertiary/aromatic N) is 2. The van der Waals surface area contributed by atoms with Gasteiger partial charge in [0.1, 0.15) is 12.3 Å². The van der Waals surface area contributed by atoms with Crippen molar-refractivity contribution in [3.05, 3.63) is 60.0 Å². The van der Waals surface area contributed by atoms with Gasteiger partial charge in [-0.3, -0.25) is 0 Å². The van der Waals surface area contributed by atoms with Crippen molar-refractivity contribution in [3.8, 4) is 11.5 Å². The number of benzene rings is 1. The highest BCUT2D eigenvalue weighted by molar-refractivity contribution is 5.46. The van der Waals surface area contributed by atoms with Crippen LogP contribution in [0.25, 0.3) is 5.65 Å². The van der Waals surface area contributed by atoms with E-state index >= 15 is 0 Å². The maximum Gasteiger partial charge on any atom is 0.166 e. The largest absolute Gasteiger partial charge is 0.493 e. The number of pyridine rings is 1. The lowest BCUT2D eigenvalue weighted by Gasteiger charge is -2.13. The zero-order valence-electron chi connectivity index (χ0n) is 11.8. The first kappa shape index (κ1) is 13.5. The normalized spacial score (nSPS) is 10.8. The average molecular weight is 283 g/mol. The van der Waals surface area contributed by atoms with Crippen LogP contribution in [-0.2, 0) is 13.2 Å². The Balaban J connectivity index is 1.84. The SMILES string of the molecule is COc1cccc(CN)c1OCc1cn2ccccc2n1. The number of fused-ring (bicyclic) bond motifs is 1. The zero-order valence-corrected chi connectivity index (χ0v) is 11.8. The summed E-state index contributed by atoms with van der Waals surface area (Å²) in [4.78, 5) is 4.50. The standard InChI is InChI=1S/C16H17N3O2/c1-20-14-6-4-5-12(9-17)16(14)21-11-13-10-19-8-3-2-7-15(19)18-13/h2-8,10H,9,11,17H2,1H3. The summed E-state index contributed by atoms with van der Waals surface area (Å²) in [6.45, 7) is 0.771. The van der Waals surface area contributed by atoms with Gasteiger partial charge in [0, 0.05) is 24.5 Å². The fourth-order valence-electron chi connectivity index (χ4n) is 2.25. The minimum absolute atomic E-state index is 0.370. The molecule has 0 aliphatic carbocycles. The van der Waals surface area contributed by atoms with Crippen molar-refractivity contribution < 1.29 is 9.47 Å². The van der Waals surface area contributed by atoms with Crippen LogP contribution in [0.5, 0.6) is 11.5 Å². The number of methoxy groups -OCH3 is 1. The summed E-state index contributed by atoms with van der Waals surface area (Å²) in [7, 11) is 1.62. The molecule has 0 spiro atoms. The third-order valence-electron chi connectivity index (χ3n) is 3.28. The Morgan fingerprint density at radius 2 is 2.10 bits per heavy atom. The lowest BCUT2D eigenvalue weighted by molar-refractivity contribution is 0.278. The third-order valence-corrected chi connectivity index (χ3v) is 3.28. The maximum absolute atomic E-state index is 5.88. The summed E-state index contributed by atoms with van der Waals surface area (Å²) >= 11 is 0. The second-order valence-corrected chi connectivity index (χ2v) is 4.64. The molecule has 5 heteroatoms. The minimum atomic E-state index is 0.370. The minimum Gasteiger partial charge on any atom is -0.493 e. The highest BCUT2D eigenvalue weighted by Crippen LogP contribution is 2.31. The summed E-state index contributed by atoms with van der Waals surface area (Å²) in [5, 5.41) is 0. The third kappa shape index (κ3) is 2.68. The highest BCUT2D eigenvalue weighted by atomic mass is 16.5. The number of ether oxygens (including phenoxy) is 2.